The monoisotopic (exact) mass is 304 g/mol. The summed E-state index contributed by atoms with van der Waals surface area (Å²) in [7, 11) is 1.50. The van der Waals surface area contributed by atoms with Crippen molar-refractivity contribution in [2.75, 3.05) is 13.6 Å². The Kier molecular flexibility index (Phi) is 4.46. The molecule has 2 nitrogen and oxygen atoms in total. The van der Waals surface area contributed by atoms with Gasteiger partial charge in [-0.1, -0.05) is 26.0 Å². The van der Waals surface area contributed by atoms with E-state index in [1.807, 2.05) is 0 Å². The van der Waals surface area contributed by atoms with Crippen LogP contribution in [0.5, 0.6) is 0 Å². The van der Waals surface area contributed by atoms with E-state index in [2.05, 4.69) is 31.5 Å². The molecule has 6 atom stereocenters. The predicted molar refractivity (Wildman–Crippen MR) is 94.7 cm³/mol. The van der Waals surface area contributed by atoms with Gasteiger partial charge in [0.05, 0.1) is 0 Å². The number of rotatable bonds is 0. The lowest BCUT2D eigenvalue weighted by Gasteiger charge is -2.60. The fourth-order valence-electron chi connectivity index (χ4n) is 6.80. The SMILES string of the molecule is C=C1CCC2C3CCC4NCCCC4(C)C3CCC12C.CN. The normalized spacial score (nSPS) is 50.3. The van der Waals surface area contributed by atoms with Crippen LogP contribution in [0.25, 0.3) is 0 Å². The fraction of sp³-hybridized carbons (Fsp3) is 0.900. The molecule has 0 aromatic heterocycles. The minimum atomic E-state index is 0.493. The second kappa shape index (κ2) is 5.94. The number of nitrogens with one attached hydrogen (secondary N) is 1. The van der Waals surface area contributed by atoms with Crippen molar-refractivity contribution in [3.63, 3.8) is 0 Å². The van der Waals surface area contributed by atoms with E-state index in [0.29, 0.717) is 10.8 Å². The molecule has 0 amide bonds. The lowest BCUT2D eigenvalue weighted by Crippen LogP contribution is -2.59. The maximum absolute atomic E-state index is 4.50. The van der Waals surface area contributed by atoms with Crippen molar-refractivity contribution in [1.82, 2.24) is 5.32 Å². The second-order valence-electron chi connectivity index (χ2n) is 8.67. The Morgan fingerprint density at radius 2 is 1.82 bits per heavy atom. The molecule has 6 unspecified atom stereocenters. The third-order valence-electron chi connectivity index (χ3n) is 8.11. The van der Waals surface area contributed by atoms with Crippen molar-refractivity contribution in [1.29, 1.82) is 0 Å². The highest BCUT2D eigenvalue weighted by molar-refractivity contribution is 5.21. The summed E-state index contributed by atoms with van der Waals surface area (Å²) in [6.45, 7) is 10.9. The van der Waals surface area contributed by atoms with Gasteiger partial charge in [0.1, 0.15) is 0 Å². The van der Waals surface area contributed by atoms with Gasteiger partial charge < -0.3 is 11.1 Å². The molecule has 3 saturated carbocycles. The summed E-state index contributed by atoms with van der Waals surface area (Å²) in [4.78, 5) is 0. The topological polar surface area (TPSA) is 38.0 Å². The van der Waals surface area contributed by atoms with E-state index in [1.54, 1.807) is 5.57 Å². The van der Waals surface area contributed by atoms with Gasteiger partial charge in [0.2, 0.25) is 0 Å². The van der Waals surface area contributed by atoms with Crippen molar-refractivity contribution in [3.8, 4) is 0 Å². The largest absolute Gasteiger partial charge is 0.333 e. The average molecular weight is 305 g/mol. The highest BCUT2D eigenvalue weighted by Crippen LogP contribution is 2.64. The molecule has 1 heterocycles. The first-order valence-electron chi connectivity index (χ1n) is 9.55. The molecule has 4 fully saturated rings. The third kappa shape index (κ3) is 2.21. The predicted octanol–water partition coefficient (Wildman–Crippen LogP) is 4.11. The zero-order valence-electron chi connectivity index (χ0n) is 15.0. The lowest BCUT2D eigenvalue weighted by atomic mass is 9.47. The van der Waals surface area contributed by atoms with Crippen molar-refractivity contribution in [2.24, 2.45) is 34.3 Å². The zero-order valence-corrected chi connectivity index (χ0v) is 15.0. The third-order valence-corrected chi connectivity index (χ3v) is 8.11. The van der Waals surface area contributed by atoms with Gasteiger partial charge in [-0.2, -0.15) is 0 Å². The molecule has 0 spiro atoms. The number of allylic oxidation sites excluding steroid dienone is 1. The smallest absolute Gasteiger partial charge is 0.0124 e. The van der Waals surface area contributed by atoms with Gasteiger partial charge in [-0.05, 0) is 93.5 Å². The van der Waals surface area contributed by atoms with Crippen molar-refractivity contribution in [2.45, 2.75) is 71.3 Å². The summed E-state index contributed by atoms with van der Waals surface area (Å²) in [5.41, 5.74) is 7.16. The average Bonchev–Trinajstić information content (AvgIpc) is 2.84. The van der Waals surface area contributed by atoms with E-state index in [9.17, 15) is 0 Å². The van der Waals surface area contributed by atoms with Crippen LogP contribution >= 0.6 is 0 Å². The Hall–Kier alpha value is -0.340. The molecule has 2 heteroatoms. The van der Waals surface area contributed by atoms with Crippen LogP contribution in [-0.4, -0.2) is 19.6 Å². The molecule has 4 rings (SSSR count). The van der Waals surface area contributed by atoms with Crippen LogP contribution in [0.3, 0.4) is 0 Å². The van der Waals surface area contributed by atoms with Crippen molar-refractivity contribution < 1.29 is 0 Å². The minimum absolute atomic E-state index is 0.493. The van der Waals surface area contributed by atoms with Crippen LogP contribution in [0.1, 0.15) is 65.2 Å². The van der Waals surface area contributed by atoms with Gasteiger partial charge >= 0.3 is 0 Å². The molecule has 4 aliphatic rings. The number of hydrogen-bond donors (Lipinski definition) is 2. The van der Waals surface area contributed by atoms with Gasteiger partial charge in [0.25, 0.3) is 0 Å². The Bertz CT molecular complexity index is 431. The molecule has 0 aromatic rings. The Labute approximate surface area is 137 Å². The van der Waals surface area contributed by atoms with Crippen LogP contribution in [0.4, 0.5) is 0 Å². The molecule has 3 N–H and O–H groups in total. The first-order chi connectivity index (χ1) is 10.6. The van der Waals surface area contributed by atoms with Crippen molar-refractivity contribution in [3.05, 3.63) is 12.2 Å². The molecule has 1 aliphatic heterocycles. The van der Waals surface area contributed by atoms with Crippen LogP contribution in [0.2, 0.25) is 0 Å². The van der Waals surface area contributed by atoms with Crippen LogP contribution in [-0.2, 0) is 0 Å². The molecule has 0 bridgehead atoms. The Balaban J connectivity index is 0.000000693. The summed E-state index contributed by atoms with van der Waals surface area (Å²) in [6, 6.07) is 0.812. The maximum atomic E-state index is 4.50. The highest BCUT2D eigenvalue weighted by Gasteiger charge is 2.58. The molecule has 3 aliphatic carbocycles. The van der Waals surface area contributed by atoms with Crippen LogP contribution in [0.15, 0.2) is 12.2 Å². The number of nitrogens with two attached hydrogens (primary N) is 1. The van der Waals surface area contributed by atoms with E-state index in [1.165, 1.54) is 65.0 Å². The standard InChI is InChI=1S/C19H31N.CH5N/c1-13-5-7-15-14-6-8-17-19(3,10-4-12-20-17)16(14)9-11-18(13,15)2;1-2/h14-17,20H,1,4-12H2,2-3H3;2H2,1H3. The van der Waals surface area contributed by atoms with Gasteiger partial charge in [0, 0.05) is 6.04 Å². The fourth-order valence-corrected chi connectivity index (χ4v) is 6.80. The number of piperidine rings is 1. The molecule has 1 saturated heterocycles. The summed E-state index contributed by atoms with van der Waals surface area (Å²) in [5.74, 6) is 2.93. The molecule has 22 heavy (non-hydrogen) atoms. The van der Waals surface area contributed by atoms with Gasteiger partial charge in [-0.3, -0.25) is 0 Å². The maximum Gasteiger partial charge on any atom is 0.0124 e. The molecular weight excluding hydrogens is 268 g/mol. The number of fused-ring (bicyclic) bond motifs is 5. The van der Waals surface area contributed by atoms with E-state index >= 15 is 0 Å². The van der Waals surface area contributed by atoms with E-state index < -0.39 is 0 Å². The second-order valence-corrected chi connectivity index (χ2v) is 8.67. The summed E-state index contributed by atoms with van der Waals surface area (Å²) in [5, 5.41) is 3.86. The van der Waals surface area contributed by atoms with E-state index in [4.69, 9.17) is 0 Å². The summed E-state index contributed by atoms with van der Waals surface area (Å²) in [6.07, 6.45) is 11.4. The number of hydrogen-bond acceptors (Lipinski definition) is 2. The Morgan fingerprint density at radius 3 is 2.59 bits per heavy atom. The zero-order chi connectivity index (χ0) is 16.0. The van der Waals surface area contributed by atoms with Gasteiger partial charge in [-0.25, -0.2) is 0 Å². The van der Waals surface area contributed by atoms with Crippen LogP contribution < -0.4 is 11.1 Å². The highest BCUT2D eigenvalue weighted by atomic mass is 15.0. The van der Waals surface area contributed by atoms with Gasteiger partial charge in [0.15, 0.2) is 0 Å². The summed E-state index contributed by atoms with van der Waals surface area (Å²) < 4.78 is 0. The van der Waals surface area contributed by atoms with Crippen LogP contribution in [0, 0.1) is 28.6 Å². The first kappa shape index (κ1) is 16.5. The van der Waals surface area contributed by atoms with Gasteiger partial charge in [-0.15, -0.1) is 0 Å². The molecular formula is C20H36N2. The molecule has 0 aromatic carbocycles. The lowest BCUT2D eigenvalue weighted by molar-refractivity contribution is -0.0781. The van der Waals surface area contributed by atoms with Crippen molar-refractivity contribution >= 4 is 0 Å². The minimum Gasteiger partial charge on any atom is -0.333 e. The van der Waals surface area contributed by atoms with E-state index in [-0.39, 0.29) is 0 Å². The first-order valence-corrected chi connectivity index (χ1v) is 9.55. The van der Waals surface area contributed by atoms with E-state index in [0.717, 1.165) is 23.8 Å². The quantitative estimate of drug-likeness (QED) is 0.661. The molecule has 0 radical (unpaired) electrons. The summed E-state index contributed by atoms with van der Waals surface area (Å²) >= 11 is 0. The molecule has 126 valence electrons. The Morgan fingerprint density at radius 1 is 1.05 bits per heavy atom.